The second-order valence-corrected chi connectivity index (χ2v) is 4.34. The fourth-order valence-corrected chi connectivity index (χ4v) is 1.41. The van der Waals surface area contributed by atoms with Gasteiger partial charge in [0, 0.05) is 6.54 Å². The Balaban J connectivity index is 2.34. The predicted molar refractivity (Wildman–Crippen MR) is 70.4 cm³/mol. The summed E-state index contributed by atoms with van der Waals surface area (Å²) in [6.45, 7) is 7.47. The quantitative estimate of drug-likeness (QED) is 0.618. The fraction of sp³-hybridized carbons (Fsp3) is 0.455. The highest BCUT2D eigenvalue weighted by atomic mass is 79.9. The zero-order valence-electron chi connectivity index (χ0n) is 9.99. The molecule has 0 radical (unpaired) electrons. The van der Waals surface area contributed by atoms with Gasteiger partial charge in [0.2, 0.25) is 11.8 Å². The van der Waals surface area contributed by atoms with Crippen LogP contribution >= 0.6 is 15.9 Å². The van der Waals surface area contributed by atoms with Crippen LogP contribution < -0.4 is 10.1 Å². The molecule has 0 atom stereocenters. The molecule has 17 heavy (non-hydrogen) atoms. The molecule has 1 N–H and O–H groups in total. The SMILES string of the molecule is C=C(C)COCCNc1ncc(Br)c(OC)n1. The van der Waals surface area contributed by atoms with Crippen LogP contribution in [-0.2, 0) is 4.74 Å². The first kappa shape index (κ1) is 13.9. The van der Waals surface area contributed by atoms with E-state index in [-0.39, 0.29) is 0 Å². The van der Waals surface area contributed by atoms with Gasteiger partial charge in [0.15, 0.2) is 0 Å². The number of halogens is 1. The minimum atomic E-state index is 0.505. The second kappa shape index (κ2) is 7.24. The maximum atomic E-state index is 5.34. The van der Waals surface area contributed by atoms with Gasteiger partial charge in [-0.05, 0) is 22.9 Å². The summed E-state index contributed by atoms with van der Waals surface area (Å²) >= 11 is 3.29. The smallest absolute Gasteiger partial charge is 0.232 e. The lowest BCUT2D eigenvalue weighted by atomic mass is 10.4. The van der Waals surface area contributed by atoms with Gasteiger partial charge in [0.1, 0.15) is 0 Å². The maximum Gasteiger partial charge on any atom is 0.232 e. The molecule has 6 heteroatoms. The molecular weight excluding hydrogens is 286 g/mol. The third-order valence-electron chi connectivity index (χ3n) is 1.78. The maximum absolute atomic E-state index is 5.34. The third-order valence-corrected chi connectivity index (χ3v) is 2.33. The molecule has 0 fully saturated rings. The Morgan fingerprint density at radius 3 is 3.00 bits per heavy atom. The number of nitrogens with zero attached hydrogens (tertiary/aromatic N) is 2. The monoisotopic (exact) mass is 301 g/mol. The van der Waals surface area contributed by atoms with Crippen molar-refractivity contribution < 1.29 is 9.47 Å². The number of rotatable bonds is 7. The van der Waals surface area contributed by atoms with Crippen molar-refractivity contribution in [2.24, 2.45) is 0 Å². The zero-order chi connectivity index (χ0) is 12.7. The second-order valence-electron chi connectivity index (χ2n) is 3.49. The van der Waals surface area contributed by atoms with E-state index in [0.29, 0.717) is 31.6 Å². The number of hydrogen-bond acceptors (Lipinski definition) is 5. The van der Waals surface area contributed by atoms with Crippen molar-refractivity contribution in [3.05, 3.63) is 22.8 Å². The summed E-state index contributed by atoms with van der Waals surface area (Å²) in [5.41, 5.74) is 1.01. The van der Waals surface area contributed by atoms with E-state index in [4.69, 9.17) is 9.47 Å². The molecule has 0 aliphatic rings. The molecule has 0 spiro atoms. The molecular formula is C11H16BrN3O2. The number of nitrogens with one attached hydrogen (secondary N) is 1. The summed E-state index contributed by atoms with van der Waals surface area (Å²) in [6, 6.07) is 0. The summed E-state index contributed by atoms with van der Waals surface area (Å²) in [7, 11) is 1.56. The van der Waals surface area contributed by atoms with E-state index in [2.05, 4.69) is 37.8 Å². The molecule has 1 aromatic rings. The number of methoxy groups -OCH3 is 1. The number of ether oxygens (including phenoxy) is 2. The highest BCUT2D eigenvalue weighted by Gasteiger charge is 2.03. The van der Waals surface area contributed by atoms with Gasteiger partial charge in [-0.2, -0.15) is 4.98 Å². The Labute approximate surface area is 109 Å². The van der Waals surface area contributed by atoms with Crippen LogP contribution in [0.2, 0.25) is 0 Å². The van der Waals surface area contributed by atoms with Crippen LogP contribution in [0.3, 0.4) is 0 Å². The van der Waals surface area contributed by atoms with Crippen LogP contribution in [0.25, 0.3) is 0 Å². The van der Waals surface area contributed by atoms with Crippen molar-refractivity contribution in [1.29, 1.82) is 0 Å². The van der Waals surface area contributed by atoms with Crippen LogP contribution in [-0.4, -0.2) is 36.8 Å². The van der Waals surface area contributed by atoms with E-state index >= 15 is 0 Å². The molecule has 1 heterocycles. The van der Waals surface area contributed by atoms with Gasteiger partial charge in [-0.1, -0.05) is 12.2 Å². The van der Waals surface area contributed by atoms with Gasteiger partial charge in [-0.25, -0.2) is 4.98 Å². The molecule has 0 bridgehead atoms. The van der Waals surface area contributed by atoms with Gasteiger partial charge in [0.25, 0.3) is 0 Å². The van der Waals surface area contributed by atoms with Gasteiger partial charge >= 0.3 is 0 Å². The van der Waals surface area contributed by atoms with Crippen LogP contribution in [0, 0.1) is 0 Å². The average Bonchev–Trinajstić information content (AvgIpc) is 2.30. The highest BCUT2D eigenvalue weighted by molar-refractivity contribution is 9.10. The van der Waals surface area contributed by atoms with Gasteiger partial charge in [-0.3, -0.25) is 0 Å². The number of hydrogen-bond donors (Lipinski definition) is 1. The summed E-state index contributed by atoms with van der Waals surface area (Å²) in [5.74, 6) is 1.02. The first-order valence-corrected chi connectivity index (χ1v) is 5.95. The first-order chi connectivity index (χ1) is 8.13. The Morgan fingerprint density at radius 1 is 1.59 bits per heavy atom. The fourth-order valence-electron chi connectivity index (χ4n) is 1.06. The Kier molecular flexibility index (Phi) is 5.93. The summed E-state index contributed by atoms with van der Waals surface area (Å²) in [6.07, 6.45) is 1.64. The lowest BCUT2D eigenvalue weighted by molar-refractivity contribution is 0.167. The van der Waals surface area contributed by atoms with E-state index in [1.54, 1.807) is 13.3 Å². The normalized spacial score (nSPS) is 10.1. The first-order valence-electron chi connectivity index (χ1n) is 5.16. The lowest BCUT2D eigenvalue weighted by Crippen LogP contribution is -2.12. The van der Waals surface area contributed by atoms with Gasteiger partial charge in [0.05, 0.1) is 31.0 Å². The zero-order valence-corrected chi connectivity index (χ0v) is 11.6. The predicted octanol–water partition coefficient (Wildman–Crippen LogP) is 2.25. The number of anilines is 1. The van der Waals surface area contributed by atoms with Crippen molar-refractivity contribution in [2.45, 2.75) is 6.92 Å². The molecule has 5 nitrogen and oxygen atoms in total. The summed E-state index contributed by atoms with van der Waals surface area (Å²) in [5, 5.41) is 3.04. The van der Waals surface area contributed by atoms with Crippen molar-refractivity contribution in [3.63, 3.8) is 0 Å². The molecule has 0 unspecified atom stereocenters. The Hall–Kier alpha value is -1.14. The minimum Gasteiger partial charge on any atom is -0.480 e. The van der Waals surface area contributed by atoms with E-state index in [1.807, 2.05) is 6.92 Å². The average molecular weight is 302 g/mol. The minimum absolute atomic E-state index is 0.505. The van der Waals surface area contributed by atoms with Crippen LogP contribution in [0.1, 0.15) is 6.92 Å². The molecule has 0 aromatic carbocycles. The third kappa shape index (κ3) is 5.14. The van der Waals surface area contributed by atoms with Crippen molar-refractivity contribution in [2.75, 3.05) is 32.2 Å². The molecule has 1 aromatic heterocycles. The Bertz CT molecular complexity index is 385. The molecule has 0 amide bonds. The molecule has 0 aliphatic carbocycles. The van der Waals surface area contributed by atoms with Crippen LogP contribution in [0.4, 0.5) is 5.95 Å². The van der Waals surface area contributed by atoms with Crippen LogP contribution in [0.5, 0.6) is 5.88 Å². The van der Waals surface area contributed by atoms with E-state index in [1.165, 1.54) is 0 Å². The Morgan fingerprint density at radius 2 is 2.35 bits per heavy atom. The largest absolute Gasteiger partial charge is 0.480 e. The van der Waals surface area contributed by atoms with Crippen molar-refractivity contribution in [1.82, 2.24) is 9.97 Å². The van der Waals surface area contributed by atoms with Crippen molar-refractivity contribution >= 4 is 21.9 Å². The molecule has 94 valence electrons. The van der Waals surface area contributed by atoms with Gasteiger partial charge < -0.3 is 14.8 Å². The summed E-state index contributed by atoms with van der Waals surface area (Å²) in [4.78, 5) is 8.26. The standard InChI is InChI=1S/C11H16BrN3O2/c1-8(2)7-17-5-4-13-11-14-6-9(12)10(15-11)16-3/h6H,1,4-5,7H2,2-3H3,(H,13,14,15). The van der Waals surface area contributed by atoms with E-state index in [9.17, 15) is 0 Å². The lowest BCUT2D eigenvalue weighted by Gasteiger charge is -2.07. The number of aromatic nitrogens is 2. The van der Waals surface area contributed by atoms with Gasteiger partial charge in [-0.15, -0.1) is 0 Å². The van der Waals surface area contributed by atoms with E-state index in [0.717, 1.165) is 10.0 Å². The molecule has 0 saturated carbocycles. The molecule has 0 saturated heterocycles. The highest BCUT2D eigenvalue weighted by Crippen LogP contribution is 2.21. The molecule has 0 aliphatic heterocycles. The summed E-state index contributed by atoms with van der Waals surface area (Å²) < 4.78 is 11.1. The molecule has 1 rings (SSSR count). The van der Waals surface area contributed by atoms with Crippen LogP contribution in [0.15, 0.2) is 22.8 Å². The topological polar surface area (TPSA) is 56.3 Å². The van der Waals surface area contributed by atoms with Crippen molar-refractivity contribution in [3.8, 4) is 5.88 Å². The van der Waals surface area contributed by atoms with E-state index < -0.39 is 0 Å².